The SMILES string of the molecule is CC(C)(C)n1ncn(Cc2ncc(-c3ccccc3)o2)c1=O. The number of hydrogen-bond acceptors (Lipinski definition) is 4. The second-order valence-electron chi connectivity index (χ2n) is 6.11. The summed E-state index contributed by atoms with van der Waals surface area (Å²) in [4.78, 5) is 16.5. The second-order valence-corrected chi connectivity index (χ2v) is 6.11. The molecule has 114 valence electrons. The molecule has 2 heterocycles. The zero-order chi connectivity index (χ0) is 15.7. The van der Waals surface area contributed by atoms with Crippen LogP contribution in [0.4, 0.5) is 0 Å². The molecule has 3 rings (SSSR count). The Balaban J connectivity index is 1.85. The molecule has 0 unspecified atom stereocenters. The van der Waals surface area contributed by atoms with E-state index in [-0.39, 0.29) is 17.8 Å². The van der Waals surface area contributed by atoms with Crippen molar-refractivity contribution < 1.29 is 4.42 Å². The summed E-state index contributed by atoms with van der Waals surface area (Å²) in [5.74, 6) is 1.17. The van der Waals surface area contributed by atoms with E-state index in [4.69, 9.17) is 4.42 Å². The Hall–Kier alpha value is -2.63. The molecule has 0 N–H and O–H groups in total. The van der Waals surface area contributed by atoms with Crippen molar-refractivity contribution in [1.29, 1.82) is 0 Å². The van der Waals surface area contributed by atoms with Crippen LogP contribution in [0.5, 0.6) is 0 Å². The normalized spacial score (nSPS) is 11.8. The molecule has 0 bridgehead atoms. The van der Waals surface area contributed by atoms with Gasteiger partial charge in [0.25, 0.3) is 0 Å². The van der Waals surface area contributed by atoms with Crippen molar-refractivity contribution in [2.75, 3.05) is 0 Å². The van der Waals surface area contributed by atoms with Crippen LogP contribution in [-0.4, -0.2) is 19.3 Å². The molecule has 0 aliphatic rings. The van der Waals surface area contributed by atoms with Crippen molar-refractivity contribution >= 4 is 0 Å². The average molecular weight is 298 g/mol. The van der Waals surface area contributed by atoms with Gasteiger partial charge in [0.15, 0.2) is 5.76 Å². The van der Waals surface area contributed by atoms with Gasteiger partial charge in [-0.2, -0.15) is 5.10 Å². The van der Waals surface area contributed by atoms with E-state index in [0.29, 0.717) is 11.7 Å². The number of aromatic nitrogens is 4. The summed E-state index contributed by atoms with van der Waals surface area (Å²) in [6, 6.07) is 9.73. The topological polar surface area (TPSA) is 65.8 Å². The van der Waals surface area contributed by atoms with Crippen LogP contribution in [0.15, 0.2) is 52.1 Å². The number of benzene rings is 1. The number of nitrogens with zero attached hydrogens (tertiary/aromatic N) is 4. The molecule has 0 aliphatic carbocycles. The van der Waals surface area contributed by atoms with Gasteiger partial charge in [-0.15, -0.1) is 0 Å². The molecule has 0 atom stereocenters. The summed E-state index contributed by atoms with van der Waals surface area (Å²) >= 11 is 0. The Labute approximate surface area is 128 Å². The number of rotatable bonds is 3. The molecule has 0 amide bonds. The van der Waals surface area contributed by atoms with Crippen LogP contribution in [0.3, 0.4) is 0 Å². The van der Waals surface area contributed by atoms with Crippen LogP contribution in [0.1, 0.15) is 26.7 Å². The lowest BCUT2D eigenvalue weighted by atomic mass is 10.1. The minimum Gasteiger partial charge on any atom is -0.439 e. The number of oxazole rings is 1. The van der Waals surface area contributed by atoms with Gasteiger partial charge < -0.3 is 4.42 Å². The van der Waals surface area contributed by atoms with Crippen LogP contribution >= 0.6 is 0 Å². The summed E-state index contributed by atoms with van der Waals surface area (Å²) in [5.41, 5.74) is 0.430. The molecule has 1 aromatic carbocycles. The van der Waals surface area contributed by atoms with Gasteiger partial charge in [-0.05, 0) is 20.8 Å². The van der Waals surface area contributed by atoms with E-state index in [1.54, 1.807) is 6.20 Å². The fourth-order valence-corrected chi connectivity index (χ4v) is 2.17. The Morgan fingerprint density at radius 3 is 2.55 bits per heavy atom. The second kappa shape index (κ2) is 5.29. The van der Waals surface area contributed by atoms with Gasteiger partial charge in [0.2, 0.25) is 5.89 Å². The fraction of sp³-hybridized carbons (Fsp3) is 0.312. The monoisotopic (exact) mass is 298 g/mol. The average Bonchev–Trinajstić information content (AvgIpc) is 3.08. The van der Waals surface area contributed by atoms with Crippen molar-refractivity contribution in [3.63, 3.8) is 0 Å². The minimum atomic E-state index is -0.353. The van der Waals surface area contributed by atoms with Gasteiger partial charge in [-0.3, -0.25) is 4.57 Å². The maximum absolute atomic E-state index is 12.3. The minimum absolute atomic E-state index is 0.174. The van der Waals surface area contributed by atoms with Crippen molar-refractivity contribution in [1.82, 2.24) is 19.3 Å². The predicted octanol–water partition coefficient (Wildman–Crippen LogP) is 2.50. The van der Waals surface area contributed by atoms with Crippen LogP contribution in [-0.2, 0) is 12.1 Å². The quantitative estimate of drug-likeness (QED) is 0.745. The molecule has 22 heavy (non-hydrogen) atoms. The molecule has 6 heteroatoms. The van der Waals surface area contributed by atoms with Gasteiger partial charge in [0.05, 0.1) is 11.7 Å². The van der Waals surface area contributed by atoms with E-state index in [9.17, 15) is 4.79 Å². The summed E-state index contributed by atoms with van der Waals surface area (Å²) in [6.45, 7) is 6.07. The first kappa shape index (κ1) is 14.3. The lowest BCUT2D eigenvalue weighted by molar-refractivity contribution is 0.339. The zero-order valence-corrected chi connectivity index (χ0v) is 12.9. The van der Waals surface area contributed by atoms with E-state index in [1.165, 1.54) is 15.6 Å². The molecule has 0 saturated carbocycles. The first-order valence-electron chi connectivity index (χ1n) is 7.10. The van der Waals surface area contributed by atoms with Crippen LogP contribution in [0.25, 0.3) is 11.3 Å². The highest BCUT2D eigenvalue weighted by molar-refractivity contribution is 5.55. The molecule has 0 saturated heterocycles. The van der Waals surface area contributed by atoms with E-state index < -0.39 is 0 Å². The maximum atomic E-state index is 12.3. The van der Waals surface area contributed by atoms with E-state index in [1.807, 2.05) is 51.1 Å². The highest BCUT2D eigenvalue weighted by atomic mass is 16.4. The van der Waals surface area contributed by atoms with Gasteiger partial charge in [0, 0.05) is 5.56 Å². The smallest absolute Gasteiger partial charge is 0.346 e. The lowest BCUT2D eigenvalue weighted by Crippen LogP contribution is -2.35. The van der Waals surface area contributed by atoms with Gasteiger partial charge in [-0.1, -0.05) is 30.3 Å². The third kappa shape index (κ3) is 2.72. The Kier molecular flexibility index (Phi) is 3.44. The first-order valence-corrected chi connectivity index (χ1v) is 7.10. The van der Waals surface area contributed by atoms with Gasteiger partial charge in [-0.25, -0.2) is 14.5 Å². The Bertz CT molecular complexity index is 822. The van der Waals surface area contributed by atoms with E-state index in [2.05, 4.69) is 10.1 Å². The fourth-order valence-electron chi connectivity index (χ4n) is 2.17. The highest BCUT2D eigenvalue weighted by Crippen LogP contribution is 2.19. The number of hydrogen-bond donors (Lipinski definition) is 0. The Morgan fingerprint density at radius 1 is 1.18 bits per heavy atom. The largest absolute Gasteiger partial charge is 0.439 e. The van der Waals surface area contributed by atoms with Gasteiger partial charge in [0.1, 0.15) is 12.9 Å². The highest BCUT2D eigenvalue weighted by Gasteiger charge is 2.19. The molecule has 6 nitrogen and oxygen atoms in total. The molecule has 3 aromatic rings. The van der Waals surface area contributed by atoms with E-state index in [0.717, 1.165) is 5.56 Å². The summed E-state index contributed by atoms with van der Waals surface area (Å²) in [7, 11) is 0. The van der Waals surface area contributed by atoms with Crippen molar-refractivity contribution in [2.24, 2.45) is 0 Å². The molecule has 0 fully saturated rings. The Morgan fingerprint density at radius 2 is 1.91 bits per heavy atom. The van der Waals surface area contributed by atoms with Crippen molar-refractivity contribution in [3.05, 3.63) is 59.2 Å². The molecule has 0 aliphatic heterocycles. The molecular formula is C16H18N4O2. The summed E-state index contributed by atoms with van der Waals surface area (Å²) in [5, 5.41) is 4.15. The molecule has 0 radical (unpaired) electrons. The molecule has 0 spiro atoms. The lowest BCUT2D eigenvalue weighted by Gasteiger charge is -2.16. The third-order valence-electron chi connectivity index (χ3n) is 3.29. The van der Waals surface area contributed by atoms with Crippen LogP contribution < -0.4 is 5.69 Å². The van der Waals surface area contributed by atoms with E-state index >= 15 is 0 Å². The standard InChI is InChI=1S/C16H18N4O2/c1-16(2,3)20-15(21)19(11-18-20)10-14-17-9-13(22-14)12-7-5-4-6-8-12/h4-9,11H,10H2,1-3H3. The van der Waals surface area contributed by atoms with Crippen molar-refractivity contribution in [2.45, 2.75) is 32.9 Å². The first-order chi connectivity index (χ1) is 10.4. The predicted molar refractivity (Wildman–Crippen MR) is 82.5 cm³/mol. The van der Waals surface area contributed by atoms with Crippen molar-refractivity contribution in [3.8, 4) is 11.3 Å². The van der Waals surface area contributed by atoms with Crippen LogP contribution in [0.2, 0.25) is 0 Å². The zero-order valence-electron chi connectivity index (χ0n) is 12.9. The van der Waals surface area contributed by atoms with Gasteiger partial charge >= 0.3 is 5.69 Å². The van der Waals surface area contributed by atoms with Crippen LogP contribution in [0, 0.1) is 0 Å². The summed E-state index contributed by atoms with van der Waals surface area (Å²) in [6.07, 6.45) is 3.18. The molecule has 2 aromatic heterocycles. The third-order valence-corrected chi connectivity index (χ3v) is 3.29. The molecular weight excluding hydrogens is 280 g/mol. The maximum Gasteiger partial charge on any atom is 0.346 e. The summed E-state index contributed by atoms with van der Waals surface area (Å²) < 4.78 is 8.66.